The number of carbonyl (C=O) groups is 2. The van der Waals surface area contributed by atoms with Crippen molar-refractivity contribution in [3.63, 3.8) is 0 Å². The van der Waals surface area contributed by atoms with E-state index in [-0.39, 0.29) is 5.92 Å². The minimum atomic E-state index is -0.307. The monoisotopic (exact) mass is 126 g/mol. The first kappa shape index (κ1) is 6.46. The lowest BCUT2D eigenvalue weighted by Gasteiger charge is -2.26. The molecule has 0 atom stereocenters. The van der Waals surface area contributed by atoms with E-state index >= 15 is 0 Å². The van der Waals surface area contributed by atoms with Crippen LogP contribution in [0.1, 0.15) is 19.3 Å². The van der Waals surface area contributed by atoms with Crippen molar-refractivity contribution in [2.75, 3.05) is 0 Å². The van der Waals surface area contributed by atoms with E-state index in [4.69, 9.17) is 0 Å². The standard InChI is InChI=1S/C7H10O2/c8-4-7(5-9)6-2-1-3-6/h4-7H,1-3H2. The second kappa shape index (κ2) is 2.76. The average molecular weight is 126 g/mol. The van der Waals surface area contributed by atoms with Gasteiger partial charge < -0.3 is 9.59 Å². The molecule has 0 heterocycles. The van der Waals surface area contributed by atoms with Crippen LogP contribution in [0.3, 0.4) is 0 Å². The summed E-state index contributed by atoms with van der Waals surface area (Å²) in [7, 11) is 0. The van der Waals surface area contributed by atoms with Gasteiger partial charge in [-0.15, -0.1) is 0 Å². The molecule has 0 aromatic heterocycles. The highest BCUT2D eigenvalue weighted by molar-refractivity contribution is 5.77. The van der Waals surface area contributed by atoms with Gasteiger partial charge in [0.2, 0.25) is 0 Å². The molecule has 0 radical (unpaired) electrons. The van der Waals surface area contributed by atoms with E-state index in [9.17, 15) is 9.59 Å². The lowest BCUT2D eigenvalue weighted by atomic mass is 9.77. The van der Waals surface area contributed by atoms with Crippen molar-refractivity contribution >= 4 is 12.6 Å². The summed E-state index contributed by atoms with van der Waals surface area (Å²) in [6.45, 7) is 0. The highest BCUT2D eigenvalue weighted by Gasteiger charge is 2.25. The number of hydrogen-bond acceptors (Lipinski definition) is 2. The van der Waals surface area contributed by atoms with Gasteiger partial charge >= 0.3 is 0 Å². The molecule has 50 valence electrons. The van der Waals surface area contributed by atoms with E-state index in [1.54, 1.807) is 0 Å². The van der Waals surface area contributed by atoms with Gasteiger partial charge in [0, 0.05) is 0 Å². The molecule has 2 nitrogen and oxygen atoms in total. The van der Waals surface area contributed by atoms with Crippen LogP contribution in [0.15, 0.2) is 0 Å². The Hall–Kier alpha value is -0.660. The zero-order chi connectivity index (χ0) is 6.69. The van der Waals surface area contributed by atoms with Crippen molar-refractivity contribution in [3.8, 4) is 0 Å². The van der Waals surface area contributed by atoms with E-state index in [0.717, 1.165) is 25.4 Å². The van der Waals surface area contributed by atoms with Gasteiger partial charge in [-0.2, -0.15) is 0 Å². The maximum Gasteiger partial charge on any atom is 0.130 e. The first-order chi connectivity index (χ1) is 4.38. The molecule has 0 saturated heterocycles. The lowest BCUT2D eigenvalue weighted by Crippen LogP contribution is -2.23. The van der Waals surface area contributed by atoms with Crippen molar-refractivity contribution in [2.45, 2.75) is 19.3 Å². The van der Waals surface area contributed by atoms with Gasteiger partial charge in [0.1, 0.15) is 12.6 Å². The van der Waals surface area contributed by atoms with Gasteiger partial charge in [0.15, 0.2) is 0 Å². The Balaban J connectivity index is 2.35. The van der Waals surface area contributed by atoms with Gasteiger partial charge in [-0.1, -0.05) is 6.42 Å². The van der Waals surface area contributed by atoms with Crippen LogP contribution < -0.4 is 0 Å². The van der Waals surface area contributed by atoms with E-state index in [0.29, 0.717) is 5.92 Å². The van der Waals surface area contributed by atoms with Gasteiger partial charge in [-0.05, 0) is 18.8 Å². The topological polar surface area (TPSA) is 34.1 Å². The SMILES string of the molecule is O=CC(C=O)C1CCC1. The summed E-state index contributed by atoms with van der Waals surface area (Å²) in [5, 5.41) is 0. The largest absolute Gasteiger partial charge is 0.303 e. The molecule has 9 heavy (non-hydrogen) atoms. The van der Waals surface area contributed by atoms with Crippen molar-refractivity contribution in [3.05, 3.63) is 0 Å². The Kier molecular flexibility index (Phi) is 1.98. The van der Waals surface area contributed by atoms with Crippen LogP contribution in [0.25, 0.3) is 0 Å². The molecule has 2 heteroatoms. The molecule has 1 aliphatic rings. The lowest BCUT2D eigenvalue weighted by molar-refractivity contribution is -0.122. The van der Waals surface area contributed by atoms with E-state index < -0.39 is 0 Å². The van der Waals surface area contributed by atoms with Gasteiger partial charge in [-0.3, -0.25) is 0 Å². The molecule has 1 rings (SSSR count). The van der Waals surface area contributed by atoms with Crippen molar-refractivity contribution in [1.82, 2.24) is 0 Å². The highest BCUT2D eigenvalue weighted by atomic mass is 16.1. The molecular weight excluding hydrogens is 116 g/mol. The van der Waals surface area contributed by atoms with Gasteiger partial charge in [0.25, 0.3) is 0 Å². The zero-order valence-corrected chi connectivity index (χ0v) is 5.25. The molecule has 0 aromatic carbocycles. The van der Waals surface area contributed by atoms with E-state index in [2.05, 4.69) is 0 Å². The van der Waals surface area contributed by atoms with Crippen LogP contribution in [0, 0.1) is 11.8 Å². The number of hydrogen-bond donors (Lipinski definition) is 0. The summed E-state index contributed by atoms with van der Waals surface area (Å²) in [6, 6.07) is 0. The fourth-order valence-corrected chi connectivity index (χ4v) is 1.08. The van der Waals surface area contributed by atoms with Crippen LogP contribution in [-0.4, -0.2) is 12.6 Å². The fourth-order valence-electron chi connectivity index (χ4n) is 1.08. The number of aldehydes is 2. The minimum Gasteiger partial charge on any atom is -0.303 e. The fraction of sp³-hybridized carbons (Fsp3) is 0.714. The molecule has 1 fully saturated rings. The Morgan fingerprint density at radius 2 is 1.78 bits per heavy atom. The van der Waals surface area contributed by atoms with Crippen LogP contribution in [0.2, 0.25) is 0 Å². The minimum absolute atomic E-state index is 0.307. The molecular formula is C7H10O2. The predicted octanol–water partition coefficient (Wildman–Crippen LogP) is 0.800. The third kappa shape index (κ3) is 1.18. The van der Waals surface area contributed by atoms with Gasteiger partial charge in [0.05, 0.1) is 5.92 Å². The Labute approximate surface area is 54.2 Å². The average Bonchev–Trinajstić information content (AvgIpc) is 1.78. The van der Waals surface area contributed by atoms with Crippen LogP contribution in [0.4, 0.5) is 0 Å². The summed E-state index contributed by atoms with van der Waals surface area (Å²) in [4.78, 5) is 20.3. The predicted molar refractivity (Wildman–Crippen MR) is 33.0 cm³/mol. The molecule has 0 amide bonds. The first-order valence-corrected chi connectivity index (χ1v) is 3.29. The maximum atomic E-state index is 10.1. The normalized spacial score (nSPS) is 19.2. The van der Waals surface area contributed by atoms with Crippen molar-refractivity contribution in [2.24, 2.45) is 11.8 Å². The molecule has 1 saturated carbocycles. The third-order valence-electron chi connectivity index (χ3n) is 2.01. The first-order valence-electron chi connectivity index (χ1n) is 3.29. The second-order valence-electron chi connectivity index (χ2n) is 2.54. The molecule has 0 N–H and O–H groups in total. The van der Waals surface area contributed by atoms with Crippen molar-refractivity contribution < 1.29 is 9.59 Å². The molecule has 0 unspecified atom stereocenters. The molecule has 0 aromatic rings. The zero-order valence-electron chi connectivity index (χ0n) is 5.25. The molecule has 0 aliphatic heterocycles. The van der Waals surface area contributed by atoms with E-state index in [1.165, 1.54) is 6.42 Å². The van der Waals surface area contributed by atoms with Gasteiger partial charge in [-0.25, -0.2) is 0 Å². The number of carbonyl (C=O) groups excluding carboxylic acids is 2. The summed E-state index contributed by atoms with van der Waals surface area (Å²) < 4.78 is 0. The molecule has 1 aliphatic carbocycles. The summed E-state index contributed by atoms with van der Waals surface area (Å²) in [6.07, 6.45) is 4.82. The van der Waals surface area contributed by atoms with Crippen LogP contribution in [0.5, 0.6) is 0 Å². The Morgan fingerprint density at radius 3 is 1.89 bits per heavy atom. The van der Waals surface area contributed by atoms with Crippen LogP contribution in [-0.2, 0) is 9.59 Å². The van der Waals surface area contributed by atoms with Crippen molar-refractivity contribution in [1.29, 1.82) is 0 Å². The summed E-state index contributed by atoms with van der Waals surface area (Å²) in [5.74, 6) is 0.0683. The Bertz CT molecular complexity index is 108. The maximum absolute atomic E-state index is 10.1. The van der Waals surface area contributed by atoms with Crippen LogP contribution >= 0.6 is 0 Å². The summed E-state index contributed by atoms with van der Waals surface area (Å²) >= 11 is 0. The Morgan fingerprint density at radius 1 is 1.22 bits per heavy atom. The smallest absolute Gasteiger partial charge is 0.130 e. The second-order valence-corrected chi connectivity index (χ2v) is 2.54. The number of rotatable bonds is 3. The van der Waals surface area contributed by atoms with E-state index in [1.807, 2.05) is 0 Å². The summed E-state index contributed by atoms with van der Waals surface area (Å²) in [5.41, 5.74) is 0. The highest BCUT2D eigenvalue weighted by Crippen LogP contribution is 2.31. The molecule has 0 bridgehead atoms. The quantitative estimate of drug-likeness (QED) is 0.414. The third-order valence-corrected chi connectivity index (χ3v) is 2.01. The molecule has 0 spiro atoms.